The van der Waals surface area contributed by atoms with E-state index in [1.807, 2.05) is 42.6 Å². The van der Waals surface area contributed by atoms with Crippen LogP contribution in [0.25, 0.3) is 5.57 Å². The number of hydrogen-bond donors (Lipinski definition) is 1. The molecule has 236 valence electrons. The van der Waals surface area contributed by atoms with E-state index >= 15 is 0 Å². The Balaban J connectivity index is 0.969. The van der Waals surface area contributed by atoms with Crippen molar-refractivity contribution in [1.82, 2.24) is 15.2 Å². The number of carbonyl (C=O) groups excluding carboxylic acids is 2. The van der Waals surface area contributed by atoms with E-state index in [4.69, 9.17) is 30.8 Å². The Bertz CT molecular complexity index is 1580. The Labute approximate surface area is 269 Å². The van der Waals surface area contributed by atoms with Crippen LogP contribution in [0.15, 0.2) is 66.4 Å². The van der Waals surface area contributed by atoms with E-state index in [1.54, 1.807) is 0 Å². The molecule has 2 saturated heterocycles. The number of carbonyl (C=O) groups is 2. The average Bonchev–Trinajstić information content (AvgIpc) is 3.23. The molecule has 0 spiro atoms. The molecule has 3 aliphatic rings. The second-order valence-electron chi connectivity index (χ2n) is 12.4. The average molecular weight is 630 g/mol. The van der Waals surface area contributed by atoms with Gasteiger partial charge in [-0.2, -0.15) is 0 Å². The van der Waals surface area contributed by atoms with Gasteiger partial charge in [0.2, 0.25) is 0 Å². The number of benzene rings is 2. The minimum absolute atomic E-state index is 0.308. The number of aromatic nitrogens is 1. The predicted molar refractivity (Wildman–Crippen MR) is 173 cm³/mol. The number of halogens is 1. The molecule has 1 aliphatic carbocycles. The molecule has 8 nitrogen and oxygen atoms in total. The number of nitrogens with zero attached hydrogens (tertiary/aromatic N) is 2. The monoisotopic (exact) mass is 629 g/mol. The Morgan fingerprint density at radius 2 is 1.76 bits per heavy atom. The van der Waals surface area contributed by atoms with Crippen LogP contribution in [0, 0.1) is 0 Å². The molecule has 1 aromatic heterocycles. The van der Waals surface area contributed by atoms with E-state index in [-0.39, 0.29) is 0 Å². The Morgan fingerprint density at radius 1 is 0.978 bits per heavy atom. The number of amides is 1. The second kappa shape index (κ2) is 13.6. The molecule has 1 atom stereocenters. The molecule has 0 unspecified atom stereocenters. The molecule has 2 fully saturated rings. The van der Waals surface area contributed by atoms with E-state index < -0.39 is 23.9 Å². The summed E-state index contributed by atoms with van der Waals surface area (Å²) in [6.45, 7) is 6.85. The highest BCUT2D eigenvalue weighted by atomic mass is 35.5. The van der Waals surface area contributed by atoms with Crippen LogP contribution in [0.5, 0.6) is 5.75 Å². The van der Waals surface area contributed by atoms with Crippen molar-refractivity contribution < 1.29 is 23.8 Å². The molecular formula is C36H40ClN3O5. The van der Waals surface area contributed by atoms with E-state index in [0.29, 0.717) is 13.0 Å². The molecule has 3 aromatic rings. The lowest BCUT2D eigenvalue weighted by atomic mass is 9.88. The number of aryl methyl sites for hydroxylation is 2. The molecular weight excluding hydrogens is 590 g/mol. The number of piperidine rings is 1. The van der Waals surface area contributed by atoms with E-state index in [9.17, 15) is 9.59 Å². The lowest BCUT2D eigenvalue weighted by Gasteiger charge is -2.30. The highest BCUT2D eigenvalue weighted by Gasteiger charge is 2.37. The smallest absolute Gasteiger partial charge is 0.411 e. The second-order valence-corrected chi connectivity index (χ2v) is 12.9. The highest BCUT2D eigenvalue weighted by Crippen LogP contribution is 2.38. The summed E-state index contributed by atoms with van der Waals surface area (Å²) in [5.41, 5.74) is 8.79. The number of alkyl carbamates (subject to hydrolysis) is 1. The van der Waals surface area contributed by atoms with E-state index in [1.165, 1.54) is 41.7 Å². The van der Waals surface area contributed by atoms with Gasteiger partial charge in [-0.3, -0.25) is 4.98 Å². The molecule has 0 radical (unpaired) electrons. The maximum absolute atomic E-state index is 12.4. The zero-order valence-electron chi connectivity index (χ0n) is 25.9. The number of esters is 1. The Hall–Kier alpha value is -3.88. The third kappa shape index (κ3) is 7.68. The topological polar surface area (TPSA) is 90.0 Å². The number of cyclic esters (lactones) is 2. The summed E-state index contributed by atoms with van der Waals surface area (Å²) in [5, 5.41) is 3.37. The van der Waals surface area contributed by atoms with Gasteiger partial charge in [-0.1, -0.05) is 41.4 Å². The Kier molecular flexibility index (Phi) is 9.42. The maximum Gasteiger partial charge on any atom is 0.411 e. The third-order valence-corrected chi connectivity index (χ3v) is 8.94. The summed E-state index contributed by atoms with van der Waals surface area (Å²) in [6, 6.07) is 17.4. The van der Waals surface area contributed by atoms with Crippen molar-refractivity contribution in [2.75, 3.05) is 26.2 Å². The molecule has 0 bridgehead atoms. The van der Waals surface area contributed by atoms with Gasteiger partial charge in [-0.05, 0) is 97.7 Å². The summed E-state index contributed by atoms with van der Waals surface area (Å²) in [7, 11) is 0. The van der Waals surface area contributed by atoms with Gasteiger partial charge in [-0.25, -0.2) is 9.59 Å². The van der Waals surface area contributed by atoms with E-state index in [0.717, 1.165) is 80.2 Å². The maximum atomic E-state index is 12.4. The fourth-order valence-electron chi connectivity index (χ4n) is 6.44. The first kappa shape index (κ1) is 31.1. The van der Waals surface area contributed by atoms with Crippen LogP contribution in [0.4, 0.5) is 4.79 Å². The summed E-state index contributed by atoms with van der Waals surface area (Å²) in [5.74, 6) is -1.03. The largest absolute Gasteiger partial charge is 0.494 e. The quantitative estimate of drug-likeness (QED) is 0.224. The van der Waals surface area contributed by atoms with Crippen molar-refractivity contribution in [3.05, 3.63) is 99.3 Å². The zero-order chi connectivity index (χ0) is 31.4. The van der Waals surface area contributed by atoms with Crippen LogP contribution < -0.4 is 10.1 Å². The molecule has 9 heteroatoms. The molecule has 2 aromatic carbocycles. The number of hydrogen-bond acceptors (Lipinski definition) is 7. The highest BCUT2D eigenvalue weighted by molar-refractivity contribution is 6.30. The molecule has 45 heavy (non-hydrogen) atoms. The van der Waals surface area contributed by atoms with Crippen molar-refractivity contribution in [1.29, 1.82) is 0 Å². The summed E-state index contributed by atoms with van der Waals surface area (Å²) in [4.78, 5) is 31.8. The first-order valence-corrected chi connectivity index (χ1v) is 16.2. The van der Waals surface area contributed by atoms with Gasteiger partial charge >= 0.3 is 12.1 Å². The molecule has 2 aliphatic heterocycles. The standard InChI is InChI=1S/C36H40ClN3O5/c1-36(2)44-34(41)31(39-35(42)45-36)22-24-7-12-29(13-8-24)43-21-4-3-18-40-19-15-25(16-20-40)32-30-14-11-28(37)23-27(30)10-9-26-6-5-17-38-33(26)32/h5-8,11-14,17,23,31H,3-4,9-10,15-16,18-22H2,1-2H3,(H,39,42)/t31-/m0/s1. The fourth-order valence-corrected chi connectivity index (χ4v) is 6.63. The number of ether oxygens (including phenoxy) is 3. The third-order valence-electron chi connectivity index (χ3n) is 8.70. The molecule has 6 rings (SSSR count). The minimum Gasteiger partial charge on any atom is -0.494 e. The van der Waals surface area contributed by atoms with Crippen molar-refractivity contribution in [2.45, 2.75) is 70.6 Å². The number of likely N-dealkylation sites (tertiary alicyclic amines) is 1. The van der Waals surface area contributed by atoms with Gasteiger partial charge in [0.25, 0.3) is 5.79 Å². The van der Waals surface area contributed by atoms with Gasteiger partial charge in [0.05, 0.1) is 12.3 Å². The van der Waals surface area contributed by atoms with Crippen LogP contribution in [-0.2, 0) is 33.5 Å². The van der Waals surface area contributed by atoms with Crippen molar-refractivity contribution in [3.8, 4) is 5.75 Å². The SMILES string of the molecule is CC1(C)OC(=O)N[C@@H](Cc2ccc(OCCCCN3CCC(=C4c5ccc(Cl)cc5CCc5cccnc54)CC3)cc2)C(=O)O1. The summed E-state index contributed by atoms with van der Waals surface area (Å²) in [6.07, 6.45) is 7.64. The molecule has 3 heterocycles. The van der Waals surface area contributed by atoms with Crippen molar-refractivity contribution in [3.63, 3.8) is 0 Å². The number of nitrogens with one attached hydrogen (secondary N) is 1. The summed E-state index contributed by atoms with van der Waals surface area (Å²) < 4.78 is 16.4. The fraction of sp³-hybridized carbons (Fsp3) is 0.417. The molecule has 1 amide bonds. The normalized spacial score (nSPS) is 19.8. The van der Waals surface area contributed by atoms with Gasteiger partial charge in [0.15, 0.2) is 0 Å². The Morgan fingerprint density at radius 3 is 2.56 bits per heavy atom. The van der Waals surface area contributed by atoms with Gasteiger partial charge in [0, 0.05) is 50.2 Å². The zero-order valence-corrected chi connectivity index (χ0v) is 26.7. The number of unbranched alkanes of at least 4 members (excludes halogenated alkanes) is 1. The predicted octanol–water partition coefficient (Wildman–Crippen LogP) is 6.52. The molecule has 0 saturated carbocycles. The van der Waals surface area contributed by atoms with Crippen LogP contribution in [0.2, 0.25) is 5.02 Å². The first-order valence-electron chi connectivity index (χ1n) is 15.9. The number of pyridine rings is 1. The van der Waals surface area contributed by atoms with Crippen molar-refractivity contribution >= 4 is 29.2 Å². The van der Waals surface area contributed by atoms with Gasteiger partial charge < -0.3 is 24.4 Å². The van der Waals surface area contributed by atoms with Gasteiger partial charge in [0.1, 0.15) is 11.8 Å². The van der Waals surface area contributed by atoms with Crippen LogP contribution in [-0.4, -0.2) is 60.0 Å². The lowest BCUT2D eigenvalue weighted by molar-refractivity contribution is -0.189. The van der Waals surface area contributed by atoms with Crippen LogP contribution >= 0.6 is 11.6 Å². The minimum atomic E-state index is -1.29. The van der Waals surface area contributed by atoms with Crippen molar-refractivity contribution in [2.24, 2.45) is 0 Å². The first-order chi connectivity index (χ1) is 21.7. The number of rotatable bonds is 8. The van der Waals surface area contributed by atoms with E-state index in [2.05, 4.69) is 28.4 Å². The van der Waals surface area contributed by atoms with Crippen LogP contribution in [0.1, 0.15) is 67.5 Å². The summed E-state index contributed by atoms with van der Waals surface area (Å²) >= 11 is 6.38. The van der Waals surface area contributed by atoms with Crippen LogP contribution in [0.3, 0.4) is 0 Å². The number of fused-ring (bicyclic) bond motifs is 2. The molecule has 1 N–H and O–H groups in total. The lowest BCUT2D eigenvalue weighted by Crippen LogP contribution is -2.40. The van der Waals surface area contributed by atoms with Gasteiger partial charge in [-0.15, -0.1) is 0 Å².